The lowest BCUT2D eigenvalue weighted by molar-refractivity contribution is 0.0930. The van der Waals surface area contributed by atoms with E-state index in [0.29, 0.717) is 25.7 Å². The van der Waals surface area contributed by atoms with Crippen LogP contribution in [0.4, 0.5) is 0 Å². The summed E-state index contributed by atoms with van der Waals surface area (Å²) in [6, 6.07) is 27.9. The van der Waals surface area contributed by atoms with Crippen LogP contribution in [0.15, 0.2) is 102 Å². The first kappa shape index (κ1) is 25.3. The number of benzene rings is 4. The van der Waals surface area contributed by atoms with Crippen LogP contribution in [-0.2, 0) is 0 Å². The highest BCUT2D eigenvalue weighted by molar-refractivity contribution is 6.31. The smallest absolute Gasteiger partial charge is 0.251 e. The summed E-state index contributed by atoms with van der Waals surface area (Å²) in [5, 5.41) is 5.57. The number of hydrogen-bond acceptors (Lipinski definition) is 2. The summed E-state index contributed by atoms with van der Waals surface area (Å²) in [6.07, 6.45) is 1.77. The van der Waals surface area contributed by atoms with E-state index in [1.54, 1.807) is 54.7 Å². The Balaban J connectivity index is 1.76. The van der Waals surface area contributed by atoms with Gasteiger partial charge < -0.3 is 5.32 Å². The van der Waals surface area contributed by atoms with Crippen LogP contribution in [0.3, 0.4) is 0 Å². The van der Waals surface area contributed by atoms with Gasteiger partial charge in [0.2, 0.25) is 0 Å². The number of halogens is 4. The molecule has 1 amide bonds. The Hall–Kier alpha value is -2.82. The molecule has 1 N–H and O–H groups in total. The van der Waals surface area contributed by atoms with Crippen molar-refractivity contribution >= 4 is 58.5 Å². The summed E-state index contributed by atoms with van der Waals surface area (Å²) in [5.74, 6) is -0.248. The Labute approximate surface area is 224 Å². The number of carbonyl (C=O) groups is 1. The van der Waals surface area contributed by atoms with Gasteiger partial charge in [-0.15, -0.1) is 0 Å². The SMILES string of the molecule is O=C(N[C@@H](c1ccc(Cl)cc1)[C@H](N=Cc1ccc(Cl)cc1)c1ccc(Cl)cc1)c1ccc(Cl)cc1. The molecule has 0 heterocycles. The van der Waals surface area contributed by atoms with Gasteiger partial charge in [0, 0.05) is 31.9 Å². The van der Waals surface area contributed by atoms with Crippen LogP contribution in [0.25, 0.3) is 0 Å². The van der Waals surface area contributed by atoms with Gasteiger partial charge in [-0.2, -0.15) is 0 Å². The Bertz CT molecular complexity index is 1300. The second-order valence-electron chi connectivity index (χ2n) is 7.84. The van der Waals surface area contributed by atoms with Gasteiger partial charge in [0.05, 0.1) is 12.1 Å². The molecule has 0 unspecified atom stereocenters. The predicted octanol–water partition coefficient (Wildman–Crippen LogP) is 8.63. The van der Waals surface area contributed by atoms with Gasteiger partial charge in [0.15, 0.2) is 0 Å². The zero-order valence-corrected chi connectivity index (χ0v) is 21.4. The monoisotopic (exact) mass is 540 g/mol. The van der Waals surface area contributed by atoms with Gasteiger partial charge in [-0.1, -0.05) is 82.8 Å². The lowest BCUT2D eigenvalue weighted by Gasteiger charge is -2.26. The minimum absolute atomic E-state index is 0.248. The fourth-order valence-corrected chi connectivity index (χ4v) is 4.08. The molecule has 7 heteroatoms. The fraction of sp³-hybridized carbons (Fsp3) is 0.0714. The van der Waals surface area contributed by atoms with E-state index in [9.17, 15) is 4.79 Å². The molecule has 0 saturated heterocycles. The maximum absolute atomic E-state index is 13.2. The Morgan fingerprint density at radius 2 is 1.06 bits per heavy atom. The van der Waals surface area contributed by atoms with E-state index in [4.69, 9.17) is 51.4 Å². The molecule has 0 spiro atoms. The highest BCUT2D eigenvalue weighted by Gasteiger charge is 2.26. The number of amides is 1. The largest absolute Gasteiger partial charge is 0.343 e. The van der Waals surface area contributed by atoms with Crippen molar-refractivity contribution in [3.8, 4) is 0 Å². The molecule has 0 radical (unpaired) electrons. The van der Waals surface area contributed by atoms with Gasteiger partial charge in [0.1, 0.15) is 0 Å². The summed E-state index contributed by atoms with van der Waals surface area (Å²) >= 11 is 24.3. The van der Waals surface area contributed by atoms with Crippen LogP contribution in [-0.4, -0.2) is 12.1 Å². The maximum atomic E-state index is 13.2. The lowest BCUT2D eigenvalue weighted by Crippen LogP contribution is -2.32. The highest BCUT2D eigenvalue weighted by atomic mass is 35.5. The second-order valence-corrected chi connectivity index (χ2v) is 9.58. The average molecular weight is 542 g/mol. The standard InChI is InChI=1S/C28H20Cl4N2O/c29-22-9-1-18(2-10-22)17-33-26(19-3-11-23(30)12-4-19)27(20-5-13-24(31)14-6-20)34-28(35)21-7-15-25(32)16-8-21/h1-17,26-27H,(H,34,35)/t26-,27+/m1/s1. The molecule has 176 valence electrons. The first-order valence-electron chi connectivity index (χ1n) is 10.7. The molecule has 4 aromatic rings. The van der Waals surface area contributed by atoms with E-state index in [1.165, 1.54) is 0 Å². The third-order valence-electron chi connectivity index (χ3n) is 5.40. The fourth-order valence-electron chi connectivity index (χ4n) is 3.58. The minimum Gasteiger partial charge on any atom is -0.343 e. The Morgan fingerprint density at radius 3 is 1.57 bits per heavy atom. The van der Waals surface area contributed by atoms with Crippen molar-refractivity contribution in [2.75, 3.05) is 0 Å². The van der Waals surface area contributed by atoms with Crippen molar-refractivity contribution in [3.63, 3.8) is 0 Å². The first-order valence-corrected chi connectivity index (χ1v) is 12.3. The maximum Gasteiger partial charge on any atom is 0.251 e. The van der Waals surface area contributed by atoms with Crippen LogP contribution >= 0.6 is 46.4 Å². The van der Waals surface area contributed by atoms with Crippen molar-refractivity contribution in [2.45, 2.75) is 12.1 Å². The van der Waals surface area contributed by atoms with Crippen molar-refractivity contribution in [2.24, 2.45) is 4.99 Å². The summed E-state index contributed by atoms with van der Waals surface area (Å²) in [7, 11) is 0. The van der Waals surface area contributed by atoms with Gasteiger partial charge in [-0.25, -0.2) is 0 Å². The third-order valence-corrected chi connectivity index (χ3v) is 6.41. The molecule has 0 bridgehead atoms. The van der Waals surface area contributed by atoms with Crippen LogP contribution in [0.2, 0.25) is 20.1 Å². The Morgan fingerprint density at radius 1 is 0.629 bits per heavy atom. The molecular weight excluding hydrogens is 522 g/mol. The molecular formula is C28H20Cl4N2O. The molecule has 0 aliphatic heterocycles. The predicted molar refractivity (Wildman–Crippen MR) is 146 cm³/mol. The van der Waals surface area contributed by atoms with Gasteiger partial charge >= 0.3 is 0 Å². The zero-order valence-electron chi connectivity index (χ0n) is 18.3. The normalized spacial score (nSPS) is 12.9. The quantitative estimate of drug-likeness (QED) is 0.234. The molecule has 4 rings (SSSR count). The lowest BCUT2D eigenvalue weighted by atomic mass is 9.93. The van der Waals surface area contributed by atoms with Crippen LogP contribution in [0.1, 0.15) is 39.1 Å². The average Bonchev–Trinajstić information content (AvgIpc) is 2.86. The number of aliphatic imine (C=N–C) groups is 1. The molecule has 0 aliphatic rings. The van der Waals surface area contributed by atoms with E-state index in [2.05, 4.69) is 5.32 Å². The van der Waals surface area contributed by atoms with Crippen molar-refractivity contribution < 1.29 is 4.79 Å². The number of hydrogen-bond donors (Lipinski definition) is 1. The molecule has 0 fully saturated rings. The van der Waals surface area contributed by atoms with Crippen LogP contribution < -0.4 is 5.32 Å². The zero-order chi connectivity index (χ0) is 24.8. The van der Waals surface area contributed by atoms with E-state index in [1.807, 2.05) is 48.5 Å². The molecule has 0 aliphatic carbocycles. The van der Waals surface area contributed by atoms with E-state index >= 15 is 0 Å². The molecule has 4 aromatic carbocycles. The number of nitrogens with zero attached hydrogens (tertiary/aromatic N) is 1. The van der Waals surface area contributed by atoms with E-state index < -0.39 is 12.1 Å². The number of rotatable bonds is 7. The van der Waals surface area contributed by atoms with Crippen molar-refractivity contribution in [1.29, 1.82) is 0 Å². The number of carbonyl (C=O) groups excluding carboxylic acids is 1. The first-order chi connectivity index (χ1) is 16.9. The summed E-state index contributed by atoms with van der Waals surface area (Å²) in [6.45, 7) is 0. The van der Waals surface area contributed by atoms with Gasteiger partial charge in [0.25, 0.3) is 5.91 Å². The van der Waals surface area contributed by atoms with E-state index in [-0.39, 0.29) is 5.91 Å². The topological polar surface area (TPSA) is 41.5 Å². The van der Waals surface area contributed by atoms with Crippen LogP contribution in [0.5, 0.6) is 0 Å². The molecule has 0 saturated carbocycles. The van der Waals surface area contributed by atoms with Gasteiger partial charge in [-0.3, -0.25) is 9.79 Å². The molecule has 2 atom stereocenters. The highest BCUT2D eigenvalue weighted by Crippen LogP contribution is 2.34. The van der Waals surface area contributed by atoms with E-state index in [0.717, 1.165) is 16.7 Å². The van der Waals surface area contributed by atoms with Crippen molar-refractivity contribution in [1.82, 2.24) is 5.32 Å². The summed E-state index contributed by atoms with van der Waals surface area (Å²) in [5.41, 5.74) is 3.11. The molecule has 3 nitrogen and oxygen atoms in total. The van der Waals surface area contributed by atoms with Crippen LogP contribution in [0, 0.1) is 0 Å². The Kier molecular flexibility index (Phi) is 8.48. The van der Waals surface area contributed by atoms with Crippen molar-refractivity contribution in [3.05, 3.63) is 139 Å². The minimum atomic E-state index is -0.500. The third kappa shape index (κ3) is 6.87. The second kappa shape index (κ2) is 11.7. The molecule has 0 aromatic heterocycles. The summed E-state index contributed by atoms with van der Waals surface area (Å²) < 4.78 is 0. The number of nitrogens with one attached hydrogen (secondary N) is 1. The summed E-state index contributed by atoms with van der Waals surface area (Å²) in [4.78, 5) is 18.1. The molecule has 35 heavy (non-hydrogen) atoms. The van der Waals surface area contributed by atoms with Gasteiger partial charge in [-0.05, 0) is 77.4 Å².